The van der Waals surface area contributed by atoms with E-state index < -0.39 is 0 Å². The molecule has 3 heterocycles. The predicted octanol–water partition coefficient (Wildman–Crippen LogP) is 3.87. The van der Waals surface area contributed by atoms with E-state index >= 15 is 0 Å². The van der Waals surface area contributed by atoms with Crippen LogP contribution in [0.25, 0.3) is 0 Å². The van der Waals surface area contributed by atoms with E-state index in [1.54, 1.807) is 18.3 Å². The lowest BCUT2D eigenvalue weighted by Crippen LogP contribution is -2.50. The Bertz CT molecular complexity index is 890. The van der Waals surface area contributed by atoms with Crippen LogP contribution < -0.4 is 4.90 Å². The number of aryl methyl sites for hydroxylation is 1. The molecule has 1 amide bonds. The summed E-state index contributed by atoms with van der Waals surface area (Å²) < 4.78 is 15.7. The molecule has 150 valence electrons. The zero-order valence-corrected chi connectivity index (χ0v) is 17.2. The van der Waals surface area contributed by atoms with Gasteiger partial charge in [0.1, 0.15) is 5.82 Å². The number of carbonyl (C=O) groups excluding carboxylic acids is 1. The van der Waals surface area contributed by atoms with Gasteiger partial charge in [0.15, 0.2) is 0 Å². The van der Waals surface area contributed by atoms with E-state index in [0.29, 0.717) is 17.5 Å². The Morgan fingerprint density at radius 2 is 2.14 bits per heavy atom. The first-order chi connectivity index (χ1) is 13.3. The van der Waals surface area contributed by atoms with Gasteiger partial charge in [-0.05, 0) is 64.7 Å². The van der Waals surface area contributed by atoms with E-state index in [9.17, 15) is 9.18 Å². The molecule has 1 aromatic heterocycles. The van der Waals surface area contributed by atoms with Crippen LogP contribution in [0.1, 0.15) is 49.7 Å². The fourth-order valence-corrected chi connectivity index (χ4v) is 5.25. The number of amides is 1. The van der Waals surface area contributed by atoms with Crippen LogP contribution in [0.4, 0.5) is 10.1 Å². The van der Waals surface area contributed by atoms with Crippen molar-refractivity contribution in [2.75, 3.05) is 18.0 Å². The summed E-state index contributed by atoms with van der Waals surface area (Å²) in [6.45, 7) is 10.7. The maximum Gasteiger partial charge on any atom is 0.257 e. The highest BCUT2D eigenvalue weighted by atomic mass is 19.1. The quantitative estimate of drug-likeness (QED) is 0.807. The molecule has 0 unspecified atom stereocenters. The van der Waals surface area contributed by atoms with E-state index in [2.05, 4.69) is 23.8 Å². The lowest BCUT2D eigenvalue weighted by atomic mass is 9.89. The van der Waals surface area contributed by atoms with Crippen molar-refractivity contribution >= 4 is 11.6 Å². The second-order valence-corrected chi connectivity index (χ2v) is 8.69. The van der Waals surface area contributed by atoms with Crippen LogP contribution in [-0.4, -0.2) is 45.3 Å². The number of benzene rings is 1. The van der Waals surface area contributed by atoms with Crippen LogP contribution in [0, 0.1) is 18.7 Å². The van der Waals surface area contributed by atoms with Gasteiger partial charge in [0.25, 0.3) is 5.91 Å². The smallest absolute Gasteiger partial charge is 0.257 e. The summed E-state index contributed by atoms with van der Waals surface area (Å²) in [4.78, 5) is 17.5. The monoisotopic (exact) mass is 384 g/mol. The molecule has 2 fully saturated rings. The molecule has 2 aliphatic heterocycles. The zero-order chi connectivity index (χ0) is 20.1. The minimum Gasteiger partial charge on any atom is -0.363 e. The summed E-state index contributed by atoms with van der Waals surface area (Å²) in [5.41, 5.74) is 2.52. The number of likely N-dealkylation sites (tertiary alicyclic amines) is 1. The summed E-state index contributed by atoms with van der Waals surface area (Å²) in [5.74, 6) is 0.267. The number of aromatic nitrogens is 2. The number of anilines is 1. The molecule has 28 heavy (non-hydrogen) atoms. The van der Waals surface area contributed by atoms with Crippen molar-refractivity contribution in [1.29, 1.82) is 0 Å². The first-order valence-corrected chi connectivity index (χ1v) is 10.2. The maximum atomic E-state index is 13.8. The van der Waals surface area contributed by atoms with Crippen LogP contribution in [0.15, 0.2) is 30.5 Å². The van der Waals surface area contributed by atoms with Crippen LogP contribution in [0.5, 0.6) is 0 Å². The van der Waals surface area contributed by atoms with E-state index in [0.717, 1.165) is 43.9 Å². The van der Waals surface area contributed by atoms with Gasteiger partial charge in [-0.2, -0.15) is 5.10 Å². The standard InChI is InChI=1S/C22H29FN4O/c1-5-26-15(2)19(13-24-26)21(28)25-10-9-20-16(14-25)12-22(3,4)27(20)18-8-6-7-17(23)11-18/h6-8,11,13,16,20H,5,9-10,12,14H2,1-4H3/t16-,20+/m1/s1. The fraction of sp³-hybridized carbons (Fsp3) is 0.545. The molecule has 4 rings (SSSR count). The van der Waals surface area contributed by atoms with E-state index in [1.807, 2.05) is 29.5 Å². The predicted molar refractivity (Wildman–Crippen MR) is 108 cm³/mol. The van der Waals surface area contributed by atoms with Crippen molar-refractivity contribution in [2.24, 2.45) is 5.92 Å². The van der Waals surface area contributed by atoms with E-state index in [4.69, 9.17) is 0 Å². The van der Waals surface area contributed by atoms with Gasteiger partial charge in [0, 0.05) is 42.6 Å². The Morgan fingerprint density at radius 1 is 1.36 bits per heavy atom. The van der Waals surface area contributed by atoms with Crippen molar-refractivity contribution in [1.82, 2.24) is 14.7 Å². The van der Waals surface area contributed by atoms with Gasteiger partial charge in [0.2, 0.25) is 0 Å². The number of piperidine rings is 1. The Labute approximate surface area is 166 Å². The third-order valence-corrected chi connectivity index (χ3v) is 6.45. The normalized spacial score (nSPS) is 23.8. The summed E-state index contributed by atoms with van der Waals surface area (Å²) in [6, 6.07) is 7.22. The van der Waals surface area contributed by atoms with Crippen molar-refractivity contribution < 1.29 is 9.18 Å². The van der Waals surface area contributed by atoms with Crippen LogP contribution >= 0.6 is 0 Å². The van der Waals surface area contributed by atoms with Crippen molar-refractivity contribution in [3.05, 3.63) is 47.5 Å². The number of carbonyl (C=O) groups is 1. The molecule has 2 aliphatic rings. The molecule has 5 nitrogen and oxygen atoms in total. The Morgan fingerprint density at radius 3 is 2.82 bits per heavy atom. The number of nitrogens with zero attached hydrogens (tertiary/aromatic N) is 4. The molecule has 2 aromatic rings. The number of rotatable bonds is 3. The molecule has 1 aromatic carbocycles. The number of hydrogen-bond donors (Lipinski definition) is 0. The van der Waals surface area contributed by atoms with Crippen molar-refractivity contribution in [3.8, 4) is 0 Å². The molecule has 0 radical (unpaired) electrons. The summed E-state index contributed by atoms with van der Waals surface area (Å²) in [7, 11) is 0. The molecule has 2 saturated heterocycles. The maximum absolute atomic E-state index is 13.8. The molecule has 6 heteroatoms. The average molecular weight is 384 g/mol. The molecular formula is C22H29FN4O. The van der Waals surface area contributed by atoms with Gasteiger partial charge in [0.05, 0.1) is 11.8 Å². The Balaban J connectivity index is 1.55. The molecule has 0 saturated carbocycles. The van der Waals surface area contributed by atoms with Crippen LogP contribution in [-0.2, 0) is 6.54 Å². The second kappa shape index (κ2) is 6.90. The van der Waals surface area contributed by atoms with E-state index in [1.165, 1.54) is 6.07 Å². The van der Waals surface area contributed by atoms with Gasteiger partial charge in [-0.15, -0.1) is 0 Å². The van der Waals surface area contributed by atoms with Crippen LogP contribution in [0.2, 0.25) is 0 Å². The minimum absolute atomic E-state index is 0.0643. The third-order valence-electron chi connectivity index (χ3n) is 6.45. The molecular weight excluding hydrogens is 355 g/mol. The van der Waals surface area contributed by atoms with Gasteiger partial charge < -0.3 is 9.80 Å². The fourth-order valence-electron chi connectivity index (χ4n) is 5.25. The van der Waals surface area contributed by atoms with E-state index in [-0.39, 0.29) is 17.3 Å². The van der Waals surface area contributed by atoms with Gasteiger partial charge in [-0.25, -0.2) is 4.39 Å². The van der Waals surface area contributed by atoms with Crippen LogP contribution in [0.3, 0.4) is 0 Å². The first kappa shape index (κ1) is 19.0. The lowest BCUT2D eigenvalue weighted by molar-refractivity contribution is 0.0666. The molecule has 0 bridgehead atoms. The summed E-state index contributed by atoms with van der Waals surface area (Å²) >= 11 is 0. The number of halogens is 1. The largest absolute Gasteiger partial charge is 0.363 e. The molecule has 0 spiro atoms. The van der Waals surface area contributed by atoms with Crippen molar-refractivity contribution in [2.45, 2.75) is 58.7 Å². The number of fused-ring (bicyclic) bond motifs is 1. The first-order valence-electron chi connectivity index (χ1n) is 10.2. The highest BCUT2D eigenvalue weighted by Gasteiger charge is 2.48. The second-order valence-electron chi connectivity index (χ2n) is 8.69. The Hall–Kier alpha value is -2.37. The molecule has 0 aliphatic carbocycles. The van der Waals surface area contributed by atoms with Gasteiger partial charge in [-0.3, -0.25) is 9.48 Å². The third kappa shape index (κ3) is 3.09. The average Bonchev–Trinajstić information content (AvgIpc) is 3.15. The minimum atomic E-state index is -0.201. The Kier molecular flexibility index (Phi) is 4.68. The van der Waals surface area contributed by atoms with Crippen molar-refractivity contribution in [3.63, 3.8) is 0 Å². The summed E-state index contributed by atoms with van der Waals surface area (Å²) in [5, 5.41) is 4.33. The summed E-state index contributed by atoms with van der Waals surface area (Å²) in [6.07, 6.45) is 3.59. The molecule has 0 N–H and O–H groups in total. The SMILES string of the molecule is CCn1ncc(C(=O)N2CC[C@H]3[C@@H](C2)CC(C)(C)N3c2cccc(F)c2)c1C. The zero-order valence-electron chi connectivity index (χ0n) is 17.2. The highest BCUT2D eigenvalue weighted by Crippen LogP contribution is 2.44. The lowest BCUT2D eigenvalue weighted by Gasteiger charge is -2.41. The van der Waals surface area contributed by atoms with Gasteiger partial charge >= 0.3 is 0 Å². The number of hydrogen-bond acceptors (Lipinski definition) is 3. The van der Waals surface area contributed by atoms with Gasteiger partial charge in [-0.1, -0.05) is 6.07 Å². The topological polar surface area (TPSA) is 41.4 Å². The molecule has 2 atom stereocenters. The highest BCUT2D eigenvalue weighted by molar-refractivity contribution is 5.95.